The fourth-order valence-electron chi connectivity index (χ4n) is 0.918. The predicted molar refractivity (Wildman–Crippen MR) is 40.7 cm³/mol. The predicted octanol–water partition coefficient (Wildman–Crippen LogP) is 3.03. The van der Waals surface area contributed by atoms with Crippen LogP contribution >= 0.6 is 0 Å². The molecule has 0 amide bonds. The van der Waals surface area contributed by atoms with E-state index in [4.69, 9.17) is 0 Å². The van der Waals surface area contributed by atoms with Gasteiger partial charge in [0.05, 0.1) is 0 Å². The normalized spacial score (nSPS) is 13.1. The summed E-state index contributed by atoms with van der Waals surface area (Å²) in [5.74, 6) is 0. The first-order valence-corrected chi connectivity index (χ1v) is 3.41. The highest BCUT2D eigenvalue weighted by molar-refractivity contribution is 5.23. The standard InChI is InChI=1S/C9H11F/c1-7-4-3-5-9(6-7)8(2)10/h3-6,8H,1-2H3. The van der Waals surface area contributed by atoms with Crippen LogP contribution in [0.2, 0.25) is 0 Å². The minimum Gasteiger partial charge on any atom is -0.243 e. The van der Waals surface area contributed by atoms with E-state index in [9.17, 15) is 4.39 Å². The molecule has 54 valence electrons. The van der Waals surface area contributed by atoms with Crippen molar-refractivity contribution in [2.75, 3.05) is 0 Å². The summed E-state index contributed by atoms with van der Waals surface area (Å²) in [6.07, 6.45) is -0.847. The molecule has 0 radical (unpaired) electrons. The number of benzene rings is 1. The van der Waals surface area contributed by atoms with Crippen molar-refractivity contribution in [3.05, 3.63) is 35.4 Å². The SMILES string of the molecule is Cc1cccc(C(C)F)c1. The van der Waals surface area contributed by atoms with Crippen LogP contribution in [-0.2, 0) is 0 Å². The highest BCUT2D eigenvalue weighted by Crippen LogP contribution is 2.16. The smallest absolute Gasteiger partial charge is 0.122 e. The van der Waals surface area contributed by atoms with Gasteiger partial charge in [-0.2, -0.15) is 0 Å². The van der Waals surface area contributed by atoms with E-state index >= 15 is 0 Å². The zero-order chi connectivity index (χ0) is 7.56. The third kappa shape index (κ3) is 1.56. The Kier molecular flexibility index (Phi) is 2.05. The molecular weight excluding hydrogens is 127 g/mol. The summed E-state index contributed by atoms with van der Waals surface area (Å²) in [5.41, 5.74) is 1.88. The van der Waals surface area contributed by atoms with Crippen LogP contribution in [0.15, 0.2) is 24.3 Å². The van der Waals surface area contributed by atoms with Gasteiger partial charge in [-0.1, -0.05) is 29.8 Å². The lowest BCUT2D eigenvalue weighted by molar-refractivity contribution is 0.374. The van der Waals surface area contributed by atoms with Gasteiger partial charge in [0.15, 0.2) is 0 Å². The third-order valence-electron chi connectivity index (χ3n) is 1.50. The molecular formula is C9H11F. The van der Waals surface area contributed by atoms with Crippen LogP contribution < -0.4 is 0 Å². The molecule has 0 aliphatic rings. The van der Waals surface area contributed by atoms with Crippen LogP contribution in [0, 0.1) is 6.92 Å². The van der Waals surface area contributed by atoms with Gasteiger partial charge in [-0.15, -0.1) is 0 Å². The summed E-state index contributed by atoms with van der Waals surface area (Å²) in [5, 5.41) is 0. The van der Waals surface area contributed by atoms with Gasteiger partial charge in [0.1, 0.15) is 6.17 Å². The average molecular weight is 138 g/mol. The molecule has 0 aliphatic heterocycles. The molecule has 1 unspecified atom stereocenters. The number of halogens is 1. The summed E-state index contributed by atoms with van der Waals surface area (Å²) >= 11 is 0. The van der Waals surface area contributed by atoms with Gasteiger partial charge in [0.25, 0.3) is 0 Å². The molecule has 0 N–H and O–H groups in total. The fraction of sp³-hybridized carbons (Fsp3) is 0.333. The molecule has 1 heteroatoms. The van der Waals surface area contributed by atoms with Gasteiger partial charge in [-0.05, 0) is 19.4 Å². The second-order valence-electron chi connectivity index (χ2n) is 2.53. The van der Waals surface area contributed by atoms with E-state index < -0.39 is 6.17 Å². The first-order valence-electron chi connectivity index (χ1n) is 3.41. The van der Waals surface area contributed by atoms with Crippen LogP contribution in [0.1, 0.15) is 24.2 Å². The van der Waals surface area contributed by atoms with Crippen molar-refractivity contribution in [2.24, 2.45) is 0 Å². The van der Waals surface area contributed by atoms with E-state index in [1.54, 1.807) is 13.0 Å². The lowest BCUT2D eigenvalue weighted by Gasteiger charge is -2.01. The molecule has 0 heterocycles. The second kappa shape index (κ2) is 2.82. The maximum Gasteiger partial charge on any atom is 0.122 e. The van der Waals surface area contributed by atoms with Gasteiger partial charge in [0, 0.05) is 0 Å². The minimum atomic E-state index is -0.847. The van der Waals surface area contributed by atoms with Crippen molar-refractivity contribution in [2.45, 2.75) is 20.0 Å². The first-order chi connectivity index (χ1) is 4.70. The van der Waals surface area contributed by atoms with Crippen molar-refractivity contribution < 1.29 is 4.39 Å². The second-order valence-corrected chi connectivity index (χ2v) is 2.53. The highest BCUT2D eigenvalue weighted by atomic mass is 19.1. The Morgan fingerprint density at radius 3 is 2.50 bits per heavy atom. The Labute approximate surface area is 60.7 Å². The maximum absolute atomic E-state index is 12.6. The molecule has 1 atom stereocenters. The number of rotatable bonds is 1. The fourth-order valence-corrected chi connectivity index (χ4v) is 0.918. The van der Waals surface area contributed by atoms with Crippen LogP contribution in [0.4, 0.5) is 4.39 Å². The molecule has 0 aliphatic carbocycles. The van der Waals surface area contributed by atoms with E-state index in [0.29, 0.717) is 0 Å². The molecule has 1 rings (SSSR count). The zero-order valence-corrected chi connectivity index (χ0v) is 6.26. The van der Waals surface area contributed by atoms with Gasteiger partial charge in [-0.3, -0.25) is 0 Å². The lowest BCUT2D eigenvalue weighted by Crippen LogP contribution is -1.84. The van der Waals surface area contributed by atoms with Crippen molar-refractivity contribution in [3.63, 3.8) is 0 Å². The molecule has 1 aromatic rings. The Morgan fingerprint density at radius 2 is 2.10 bits per heavy atom. The third-order valence-corrected chi connectivity index (χ3v) is 1.50. The summed E-state index contributed by atoms with van der Waals surface area (Å²) in [6.45, 7) is 3.51. The van der Waals surface area contributed by atoms with E-state index in [1.165, 1.54) is 0 Å². The molecule has 0 saturated heterocycles. The largest absolute Gasteiger partial charge is 0.243 e. The molecule has 0 nitrogen and oxygen atoms in total. The van der Waals surface area contributed by atoms with Crippen molar-refractivity contribution in [3.8, 4) is 0 Å². The number of hydrogen-bond donors (Lipinski definition) is 0. The van der Waals surface area contributed by atoms with E-state index in [0.717, 1.165) is 11.1 Å². The zero-order valence-electron chi connectivity index (χ0n) is 6.26. The molecule has 0 fully saturated rings. The summed E-state index contributed by atoms with van der Waals surface area (Å²) < 4.78 is 12.6. The van der Waals surface area contributed by atoms with Crippen LogP contribution in [0.5, 0.6) is 0 Å². The summed E-state index contributed by atoms with van der Waals surface area (Å²) in [6, 6.07) is 7.51. The number of hydrogen-bond acceptors (Lipinski definition) is 0. The number of alkyl halides is 1. The molecule has 0 saturated carbocycles. The van der Waals surface area contributed by atoms with Crippen molar-refractivity contribution in [1.82, 2.24) is 0 Å². The van der Waals surface area contributed by atoms with Crippen molar-refractivity contribution in [1.29, 1.82) is 0 Å². The minimum absolute atomic E-state index is 0.764. The van der Waals surface area contributed by atoms with E-state index in [2.05, 4.69) is 0 Å². The molecule has 10 heavy (non-hydrogen) atoms. The Morgan fingerprint density at radius 1 is 1.40 bits per heavy atom. The summed E-state index contributed by atoms with van der Waals surface area (Å²) in [4.78, 5) is 0. The van der Waals surface area contributed by atoms with E-state index in [1.807, 2.05) is 25.1 Å². The van der Waals surface area contributed by atoms with E-state index in [-0.39, 0.29) is 0 Å². The molecule has 0 spiro atoms. The Balaban J connectivity index is 2.96. The van der Waals surface area contributed by atoms with Crippen LogP contribution in [0.25, 0.3) is 0 Å². The first kappa shape index (κ1) is 7.26. The lowest BCUT2D eigenvalue weighted by atomic mass is 10.1. The maximum atomic E-state index is 12.6. The monoisotopic (exact) mass is 138 g/mol. The van der Waals surface area contributed by atoms with Crippen LogP contribution in [0.3, 0.4) is 0 Å². The Bertz CT molecular complexity index is 216. The molecule has 1 aromatic carbocycles. The number of aryl methyl sites for hydroxylation is 1. The van der Waals surface area contributed by atoms with Crippen molar-refractivity contribution >= 4 is 0 Å². The van der Waals surface area contributed by atoms with Gasteiger partial charge >= 0.3 is 0 Å². The van der Waals surface area contributed by atoms with Gasteiger partial charge in [0.2, 0.25) is 0 Å². The highest BCUT2D eigenvalue weighted by Gasteiger charge is 2.00. The quantitative estimate of drug-likeness (QED) is 0.559. The van der Waals surface area contributed by atoms with Gasteiger partial charge in [-0.25, -0.2) is 4.39 Å². The molecule has 0 bridgehead atoms. The average Bonchev–Trinajstić information content (AvgIpc) is 1.88. The van der Waals surface area contributed by atoms with Gasteiger partial charge < -0.3 is 0 Å². The topological polar surface area (TPSA) is 0 Å². The summed E-state index contributed by atoms with van der Waals surface area (Å²) in [7, 11) is 0. The van der Waals surface area contributed by atoms with Crippen LogP contribution in [-0.4, -0.2) is 0 Å². The molecule has 0 aromatic heterocycles. The Hall–Kier alpha value is -0.850.